The third-order valence-electron chi connectivity index (χ3n) is 3.17. The Labute approximate surface area is 112 Å². The molecule has 0 spiro atoms. The van der Waals surface area contributed by atoms with Crippen molar-refractivity contribution in [1.82, 2.24) is 0 Å². The Morgan fingerprint density at radius 2 is 2.00 bits per heavy atom. The van der Waals surface area contributed by atoms with Gasteiger partial charge in [-0.15, -0.1) is 0 Å². The molecule has 1 aromatic rings. The Kier molecular flexibility index (Phi) is 3.95. The first-order chi connectivity index (χ1) is 9.24. The fraction of sp³-hybridized carbons (Fsp3) is 0.267. The molecule has 1 atom stereocenters. The molecule has 0 radical (unpaired) electrons. The summed E-state index contributed by atoms with van der Waals surface area (Å²) in [6, 6.07) is 8.64. The largest absolute Gasteiger partial charge is 0.326 e. The molecule has 4 nitrogen and oxygen atoms in total. The van der Waals surface area contributed by atoms with Crippen molar-refractivity contribution in [2.24, 2.45) is 5.92 Å². The lowest BCUT2D eigenvalue weighted by atomic mass is 9.93. The number of carbonyl (C=O) groups is 1. The van der Waals surface area contributed by atoms with Crippen LogP contribution in [0.1, 0.15) is 30.4 Å². The number of allylic oxidation sites excluding steroid dienone is 2. The zero-order valence-corrected chi connectivity index (χ0v) is 10.4. The van der Waals surface area contributed by atoms with Gasteiger partial charge in [-0.2, -0.15) is 10.5 Å². The van der Waals surface area contributed by atoms with Gasteiger partial charge in [0.2, 0.25) is 5.91 Å². The van der Waals surface area contributed by atoms with Crippen LogP contribution in [0.15, 0.2) is 30.4 Å². The first kappa shape index (κ1) is 12.9. The van der Waals surface area contributed by atoms with Crippen molar-refractivity contribution in [3.8, 4) is 12.1 Å². The summed E-state index contributed by atoms with van der Waals surface area (Å²) in [7, 11) is 0. The third-order valence-corrected chi connectivity index (χ3v) is 3.17. The monoisotopic (exact) mass is 251 g/mol. The normalized spacial score (nSPS) is 17.3. The Bertz CT molecular complexity index is 605. The van der Waals surface area contributed by atoms with Crippen molar-refractivity contribution in [3.05, 3.63) is 41.5 Å². The van der Waals surface area contributed by atoms with E-state index in [0.717, 1.165) is 19.3 Å². The van der Waals surface area contributed by atoms with Crippen LogP contribution in [-0.4, -0.2) is 5.91 Å². The van der Waals surface area contributed by atoms with Crippen LogP contribution < -0.4 is 5.32 Å². The number of amides is 1. The molecule has 19 heavy (non-hydrogen) atoms. The van der Waals surface area contributed by atoms with Gasteiger partial charge in [-0.1, -0.05) is 12.2 Å². The van der Waals surface area contributed by atoms with Gasteiger partial charge in [-0.25, -0.2) is 0 Å². The molecule has 0 saturated heterocycles. The van der Waals surface area contributed by atoms with E-state index in [1.165, 1.54) is 6.07 Å². The quantitative estimate of drug-likeness (QED) is 0.821. The van der Waals surface area contributed by atoms with Crippen molar-refractivity contribution in [1.29, 1.82) is 10.5 Å². The second-order valence-corrected chi connectivity index (χ2v) is 4.45. The van der Waals surface area contributed by atoms with Crippen LogP contribution in [-0.2, 0) is 4.79 Å². The summed E-state index contributed by atoms with van der Waals surface area (Å²) < 4.78 is 0. The number of rotatable bonds is 2. The predicted molar refractivity (Wildman–Crippen MR) is 71.0 cm³/mol. The summed E-state index contributed by atoms with van der Waals surface area (Å²) >= 11 is 0. The minimum absolute atomic E-state index is 0.00817. The molecular formula is C15H13N3O. The molecule has 0 aliphatic heterocycles. The molecule has 0 unspecified atom stereocenters. The highest BCUT2D eigenvalue weighted by Gasteiger charge is 2.18. The fourth-order valence-electron chi connectivity index (χ4n) is 2.09. The topological polar surface area (TPSA) is 76.7 Å². The average Bonchev–Trinajstić information content (AvgIpc) is 2.48. The SMILES string of the molecule is N#Cc1ccc(NC(=O)[C@H]2CC=CCC2)cc1C#N. The maximum atomic E-state index is 12.0. The number of nitrogens with one attached hydrogen (secondary N) is 1. The molecule has 94 valence electrons. The summed E-state index contributed by atoms with van der Waals surface area (Å²) in [6.45, 7) is 0. The Morgan fingerprint density at radius 3 is 2.63 bits per heavy atom. The minimum Gasteiger partial charge on any atom is -0.326 e. The summed E-state index contributed by atoms with van der Waals surface area (Å²) in [6.07, 6.45) is 6.64. The van der Waals surface area contributed by atoms with E-state index in [0.29, 0.717) is 11.3 Å². The number of benzene rings is 1. The summed E-state index contributed by atoms with van der Waals surface area (Å²) in [5.74, 6) is -0.0378. The van der Waals surface area contributed by atoms with Crippen LogP contribution in [0.5, 0.6) is 0 Å². The standard InChI is InChI=1S/C15H13N3O/c16-9-12-6-7-14(8-13(12)10-17)18-15(19)11-4-2-1-3-5-11/h1-2,6-8,11H,3-5H2,(H,18,19)/t11-/m0/s1. The van der Waals surface area contributed by atoms with E-state index in [2.05, 4.69) is 11.4 Å². The van der Waals surface area contributed by atoms with Crippen LogP contribution in [0, 0.1) is 28.6 Å². The smallest absolute Gasteiger partial charge is 0.227 e. The van der Waals surface area contributed by atoms with E-state index in [1.807, 2.05) is 18.2 Å². The number of nitriles is 2. The fourth-order valence-corrected chi connectivity index (χ4v) is 2.09. The van der Waals surface area contributed by atoms with E-state index < -0.39 is 0 Å². The van der Waals surface area contributed by atoms with Gasteiger partial charge in [0.25, 0.3) is 0 Å². The van der Waals surface area contributed by atoms with Crippen LogP contribution in [0.2, 0.25) is 0 Å². The molecular weight excluding hydrogens is 238 g/mol. The van der Waals surface area contributed by atoms with Crippen molar-refractivity contribution >= 4 is 11.6 Å². The van der Waals surface area contributed by atoms with Gasteiger partial charge in [-0.05, 0) is 37.5 Å². The van der Waals surface area contributed by atoms with E-state index in [-0.39, 0.29) is 17.4 Å². The van der Waals surface area contributed by atoms with Gasteiger partial charge in [-0.3, -0.25) is 4.79 Å². The van der Waals surface area contributed by atoms with Crippen molar-refractivity contribution in [2.75, 3.05) is 5.32 Å². The maximum Gasteiger partial charge on any atom is 0.227 e. The predicted octanol–water partition coefficient (Wildman–Crippen LogP) is 2.72. The maximum absolute atomic E-state index is 12.0. The lowest BCUT2D eigenvalue weighted by Gasteiger charge is -2.17. The van der Waals surface area contributed by atoms with Gasteiger partial charge < -0.3 is 5.32 Å². The lowest BCUT2D eigenvalue weighted by molar-refractivity contribution is -0.120. The highest BCUT2D eigenvalue weighted by atomic mass is 16.1. The number of hydrogen-bond acceptors (Lipinski definition) is 3. The number of nitrogens with zero attached hydrogens (tertiary/aromatic N) is 2. The van der Waals surface area contributed by atoms with Crippen LogP contribution in [0.4, 0.5) is 5.69 Å². The molecule has 0 heterocycles. The number of hydrogen-bond donors (Lipinski definition) is 1. The van der Waals surface area contributed by atoms with E-state index in [4.69, 9.17) is 10.5 Å². The molecule has 0 bridgehead atoms. The van der Waals surface area contributed by atoms with Gasteiger partial charge in [0.05, 0.1) is 11.1 Å². The summed E-state index contributed by atoms with van der Waals surface area (Å²) in [4.78, 5) is 12.0. The zero-order chi connectivity index (χ0) is 13.7. The molecule has 0 aromatic heterocycles. The second kappa shape index (κ2) is 5.84. The highest BCUT2D eigenvalue weighted by Crippen LogP contribution is 2.21. The molecule has 1 aliphatic rings. The first-order valence-electron chi connectivity index (χ1n) is 6.14. The van der Waals surface area contributed by atoms with Crippen LogP contribution in [0.3, 0.4) is 0 Å². The van der Waals surface area contributed by atoms with Crippen molar-refractivity contribution in [2.45, 2.75) is 19.3 Å². The van der Waals surface area contributed by atoms with Crippen molar-refractivity contribution < 1.29 is 4.79 Å². The Hall–Kier alpha value is -2.59. The Balaban J connectivity index is 2.11. The molecule has 1 amide bonds. The average molecular weight is 251 g/mol. The molecule has 1 aromatic carbocycles. The van der Waals surface area contributed by atoms with Crippen molar-refractivity contribution in [3.63, 3.8) is 0 Å². The van der Waals surface area contributed by atoms with Crippen LogP contribution in [0.25, 0.3) is 0 Å². The van der Waals surface area contributed by atoms with E-state index >= 15 is 0 Å². The lowest BCUT2D eigenvalue weighted by Crippen LogP contribution is -2.23. The number of anilines is 1. The van der Waals surface area contributed by atoms with Gasteiger partial charge in [0.15, 0.2) is 0 Å². The van der Waals surface area contributed by atoms with Gasteiger partial charge in [0, 0.05) is 11.6 Å². The molecule has 2 rings (SSSR count). The zero-order valence-electron chi connectivity index (χ0n) is 10.4. The molecule has 0 saturated carbocycles. The van der Waals surface area contributed by atoms with Gasteiger partial charge in [0.1, 0.15) is 12.1 Å². The third kappa shape index (κ3) is 3.00. The summed E-state index contributed by atoms with van der Waals surface area (Å²) in [5, 5.41) is 20.6. The minimum atomic E-state index is -0.0297. The Morgan fingerprint density at radius 1 is 1.21 bits per heavy atom. The second-order valence-electron chi connectivity index (χ2n) is 4.45. The first-order valence-corrected chi connectivity index (χ1v) is 6.14. The molecule has 1 N–H and O–H groups in total. The summed E-state index contributed by atoms with van der Waals surface area (Å²) in [5.41, 5.74) is 1.17. The van der Waals surface area contributed by atoms with Crippen LogP contribution >= 0.6 is 0 Å². The van der Waals surface area contributed by atoms with Gasteiger partial charge >= 0.3 is 0 Å². The molecule has 4 heteroatoms. The van der Waals surface area contributed by atoms with E-state index in [1.54, 1.807) is 12.1 Å². The highest BCUT2D eigenvalue weighted by molar-refractivity contribution is 5.93. The molecule has 0 fully saturated rings. The number of carbonyl (C=O) groups excluding carboxylic acids is 1. The molecule has 1 aliphatic carbocycles. The van der Waals surface area contributed by atoms with E-state index in [9.17, 15) is 4.79 Å².